The molecular formula is C23H23N5O2S. The Morgan fingerprint density at radius 3 is 2.35 bits per heavy atom. The lowest BCUT2D eigenvalue weighted by Crippen LogP contribution is -2.47. The summed E-state index contributed by atoms with van der Waals surface area (Å²) in [6.45, 7) is 3.79. The van der Waals surface area contributed by atoms with Gasteiger partial charge in [-0.3, -0.25) is 14.9 Å². The van der Waals surface area contributed by atoms with Crippen LogP contribution in [0.3, 0.4) is 0 Å². The molecule has 8 heteroatoms. The van der Waals surface area contributed by atoms with Crippen LogP contribution in [0.2, 0.25) is 0 Å². The number of imidazole rings is 1. The van der Waals surface area contributed by atoms with E-state index < -0.39 is 6.04 Å². The molecule has 0 aliphatic rings. The fraction of sp³-hybridized carbons (Fsp3) is 0.217. The summed E-state index contributed by atoms with van der Waals surface area (Å²) in [5.74, 6) is -0.563. The van der Waals surface area contributed by atoms with Crippen LogP contribution in [-0.4, -0.2) is 32.5 Å². The van der Waals surface area contributed by atoms with Crippen LogP contribution in [0.1, 0.15) is 19.4 Å². The van der Waals surface area contributed by atoms with E-state index >= 15 is 0 Å². The van der Waals surface area contributed by atoms with Crippen LogP contribution in [-0.2, 0) is 16.0 Å². The molecule has 4 rings (SSSR count). The molecule has 2 heterocycles. The van der Waals surface area contributed by atoms with Gasteiger partial charge in [-0.15, -0.1) is 5.10 Å². The Bertz CT molecular complexity index is 1150. The molecule has 2 amide bonds. The Balaban J connectivity index is 1.43. The van der Waals surface area contributed by atoms with E-state index in [2.05, 4.69) is 20.7 Å². The number of benzene rings is 2. The molecule has 0 saturated heterocycles. The van der Waals surface area contributed by atoms with Crippen LogP contribution in [0.25, 0.3) is 16.2 Å². The van der Waals surface area contributed by atoms with Crippen molar-refractivity contribution in [1.29, 1.82) is 0 Å². The summed E-state index contributed by atoms with van der Waals surface area (Å²) in [6, 6.07) is 18.6. The van der Waals surface area contributed by atoms with Gasteiger partial charge in [0.1, 0.15) is 6.04 Å². The van der Waals surface area contributed by atoms with Crippen LogP contribution in [0, 0.1) is 5.92 Å². The molecule has 2 N–H and O–H groups in total. The third-order valence-electron chi connectivity index (χ3n) is 4.82. The number of nitrogens with zero attached hydrogens (tertiary/aromatic N) is 3. The first-order chi connectivity index (χ1) is 15.0. The average Bonchev–Trinajstić information content (AvgIpc) is 3.32. The van der Waals surface area contributed by atoms with Crippen molar-refractivity contribution in [2.75, 3.05) is 5.32 Å². The molecule has 7 nitrogen and oxygen atoms in total. The second-order valence-corrected chi connectivity index (χ2v) is 8.52. The molecule has 0 aliphatic heterocycles. The average molecular weight is 434 g/mol. The van der Waals surface area contributed by atoms with Gasteiger partial charge >= 0.3 is 0 Å². The topological polar surface area (TPSA) is 88.4 Å². The molecule has 158 valence electrons. The Kier molecular flexibility index (Phi) is 6.08. The molecule has 1 atom stereocenters. The van der Waals surface area contributed by atoms with Crippen molar-refractivity contribution in [2.24, 2.45) is 5.92 Å². The third-order valence-corrected chi connectivity index (χ3v) is 5.65. The highest BCUT2D eigenvalue weighted by atomic mass is 32.1. The summed E-state index contributed by atoms with van der Waals surface area (Å²) in [7, 11) is 0. The first-order valence-electron chi connectivity index (χ1n) is 10.1. The van der Waals surface area contributed by atoms with Crippen molar-refractivity contribution >= 4 is 33.2 Å². The van der Waals surface area contributed by atoms with Crippen LogP contribution in [0.15, 0.2) is 66.9 Å². The van der Waals surface area contributed by atoms with Crippen LogP contribution >= 0.6 is 11.3 Å². The van der Waals surface area contributed by atoms with E-state index in [0.717, 1.165) is 16.8 Å². The fourth-order valence-electron chi connectivity index (χ4n) is 3.22. The zero-order valence-corrected chi connectivity index (χ0v) is 18.1. The highest BCUT2D eigenvalue weighted by molar-refractivity contribution is 7.20. The number of amides is 2. The van der Waals surface area contributed by atoms with Crippen molar-refractivity contribution in [3.05, 3.63) is 72.4 Å². The van der Waals surface area contributed by atoms with Crippen molar-refractivity contribution in [1.82, 2.24) is 19.9 Å². The Hall–Kier alpha value is -3.52. The highest BCUT2D eigenvalue weighted by Gasteiger charge is 2.25. The number of aromatic nitrogens is 3. The number of carbonyl (C=O) groups excluding carboxylic acids is 2. The molecule has 2 aromatic heterocycles. The van der Waals surface area contributed by atoms with Crippen LogP contribution < -0.4 is 10.6 Å². The van der Waals surface area contributed by atoms with Gasteiger partial charge < -0.3 is 5.32 Å². The van der Waals surface area contributed by atoms with E-state index in [4.69, 9.17) is 0 Å². The highest BCUT2D eigenvalue weighted by Crippen LogP contribution is 2.24. The van der Waals surface area contributed by atoms with E-state index in [0.29, 0.717) is 10.1 Å². The van der Waals surface area contributed by atoms with Gasteiger partial charge in [-0.05, 0) is 11.5 Å². The first kappa shape index (κ1) is 20.7. The fourth-order valence-corrected chi connectivity index (χ4v) is 4.01. The van der Waals surface area contributed by atoms with Gasteiger partial charge in [0.05, 0.1) is 18.3 Å². The molecule has 0 spiro atoms. The quantitative estimate of drug-likeness (QED) is 0.464. The molecule has 0 radical (unpaired) electrons. The standard InChI is InChI=1S/C23H23N5O2S/c1-15(2)20(25-19(29)13-16-9-5-3-6-10-16)21(30)26-22-27-28-14-18(24-23(28)31-22)17-11-7-4-8-12-17/h3-12,14-15,20H,13H2,1-2H3,(H,25,29)(H,26,27,30)/t20-/m1/s1. The van der Waals surface area contributed by atoms with Crippen molar-refractivity contribution < 1.29 is 9.59 Å². The Morgan fingerprint density at radius 1 is 1.03 bits per heavy atom. The molecule has 0 unspecified atom stereocenters. The number of anilines is 1. The molecule has 0 fully saturated rings. The van der Waals surface area contributed by atoms with Gasteiger partial charge in [0.25, 0.3) is 0 Å². The minimum Gasteiger partial charge on any atom is -0.344 e. The lowest BCUT2D eigenvalue weighted by atomic mass is 10.0. The van der Waals surface area contributed by atoms with Gasteiger partial charge in [0.2, 0.25) is 21.9 Å². The smallest absolute Gasteiger partial charge is 0.249 e. The predicted octanol–water partition coefficient (Wildman–Crippen LogP) is 3.78. The van der Waals surface area contributed by atoms with E-state index in [-0.39, 0.29) is 24.2 Å². The van der Waals surface area contributed by atoms with E-state index in [1.807, 2.05) is 80.7 Å². The maximum absolute atomic E-state index is 12.8. The normalized spacial score (nSPS) is 12.1. The number of rotatable bonds is 7. The maximum atomic E-state index is 12.8. The zero-order chi connectivity index (χ0) is 21.8. The lowest BCUT2D eigenvalue weighted by molar-refractivity contribution is -0.127. The van der Waals surface area contributed by atoms with E-state index in [1.165, 1.54) is 11.3 Å². The summed E-state index contributed by atoms with van der Waals surface area (Å²) in [5, 5.41) is 10.5. The number of hydrogen-bond acceptors (Lipinski definition) is 5. The number of hydrogen-bond donors (Lipinski definition) is 2. The Labute approximate surface area is 184 Å². The lowest BCUT2D eigenvalue weighted by Gasteiger charge is -2.21. The molecule has 2 aromatic carbocycles. The van der Waals surface area contributed by atoms with E-state index in [9.17, 15) is 9.59 Å². The van der Waals surface area contributed by atoms with Gasteiger partial charge in [0.15, 0.2) is 0 Å². The SMILES string of the molecule is CC(C)[C@@H](NC(=O)Cc1ccccc1)C(=O)Nc1nn2cc(-c3ccccc3)nc2s1. The molecule has 4 aromatic rings. The Morgan fingerprint density at radius 2 is 1.71 bits per heavy atom. The predicted molar refractivity (Wildman–Crippen MR) is 122 cm³/mol. The summed E-state index contributed by atoms with van der Waals surface area (Å²) in [6.07, 6.45) is 2.06. The van der Waals surface area contributed by atoms with Crippen molar-refractivity contribution in [3.63, 3.8) is 0 Å². The second-order valence-electron chi connectivity index (χ2n) is 7.57. The molecule has 0 aliphatic carbocycles. The van der Waals surface area contributed by atoms with Crippen molar-refractivity contribution in [3.8, 4) is 11.3 Å². The van der Waals surface area contributed by atoms with Gasteiger partial charge in [-0.1, -0.05) is 85.8 Å². The first-order valence-corrected chi connectivity index (χ1v) is 10.9. The largest absolute Gasteiger partial charge is 0.344 e. The number of carbonyl (C=O) groups is 2. The second kappa shape index (κ2) is 9.09. The van der Waals surface area contributed by atoms with Gasteiger partial charge in [-0.25, -0.2) is 9.50 Å². The van der Waals surface area contributed by atoms with Gasteiger partial charge in [0, 0.05) is 5.56 Å². The third kappa shape index (κ3) is 4.97. The van der Waals surface area contributed by atoms with Crippen LogP contribution in [0.4, 0.5) is 5.13 Å². The minimum atomic E-state index is -0.660. The van der Waals surface area contributed by atoms with Gasteiger partial charge in [-0.2, -0.15) is 0 Å². The summed E-state index contributed by atoms with van der Waals surface area (Å²) < 4.78 is 1.65. The van der Waals surface area contributed by atoms with Crippen molar-refractivity contribution in [2.45, 2.75) is 26.3 Å². The summed E-state index contributed by atoms with van der Waals surface area (Å²) in [4.78, 5) is 30.5. The number of fused-ring (bicyclic) bond motifs is 1. The number of nitrogens with one attached hydrogen (secondary N) is 2. The summed E-state index contributed by atoms with van der Waals surface area (Å²) >= 11 is 1.29. The van der Waals surface area contributed by atoms with E-state index in [1.54, 1.807) is 4.52 Å². The molecule has 0 bridgehead atoms. The van der Waals surface area contributed by atoms with Crippen LogP contribution in [0.5, 0.6) is 0 Å². The zero-order valence-electron chi connectivity index (χ0n) is 17.3. The molecular weight excluding hydrogens is 410 g/mol. The monoisotopic (exact) mass is 433 g/mol. The minimum absolute atomic E-state index is 0.0755. The molecule has 31 heavy (non-hydrogen) atoms. The summed E-state index contributed by atoms with van der Waals surface area (Å²) in [5.41, 5.74) is 2.73. The molecule has 0 saturated carbocycles. The maximum Gasteiger partial charge on any atom is 0.249 e.